The number of esters is 2. The van der Waals surface area contributed by atoms with Crippen molar-refractivity contribution in [3.05, 3.63) is 59.2 Å². The second kappa shape index (κ2) is 8.26. The first-order valence-corrected chi connectivity index (χ1v) is 8.94. The van der Waals surface area contributed by atoms with Crippen molar-refractivity contribution in [2.45, 2.75) is 26.2 Å². The Hall–Kier alpha value is -3.48. The summed E-state index contributed by atoms with van der Waals surface area (Å²) >= 11 is 0. The Balaban J connectivity index is 1.85. The van der Waals surface area contributed by atoms with Crippen LogP contribution in [0.5, 0.6) is 17.2 Å². The highest BCUT2D eigenvalue weighted by Gasteiger charge is 2.38. The van der Waals surface area contributed by atoms with E-state index >= 15 is 0 Å². The van der Waals surface area contributed by atoms with Crippen LogP contribution in [0.3, 0.4) is 0 Å². The van der Waals surface area contributed by atoms with Crippen molar-refractivity contribution in [2.24, 2.45) is 0 Å². The number of hydrogen-bond donors (Lipinski definition) is 0. The van der Waals surface area contributed by atoms with Gasteiger partial charge in [-0.25, -0.2) is 9.59 Å². The molecule has 0 spiro atoms. The summed E-state index contributed by atoms with van der Waals surface area (Å²) in [6.45, 7) is 3.20. The number of benzene rings is 2. The number of hydrogen-bond acceptors (Lipinski definition) is 7. The van der Waals surface area contributed by atoms with E-state index in [0.717, 1.165) is 5.56 Å². The molecule has 0 aliphatic carbocycles. The van der Waals surface area contributed by atoms with Gasteiger partial charge in [-0.2, -0.15) is 0 Å². The molecule has 1 aliphatic heterocycles. The van der Waals surface area contributed by atoms with Gasteiger partial charge in [0.25, 0.3) is 5.79 Å². The molecule has 7 heteroatoms. The number of rotatable bonds is 6. The van der Waals surface area contributed by atoms with Crippen LogP contribution in [-0.4, -0.2) is 31.9 Å². The van der Waals surface area contributed by atoms with Gasteiger partial charge in [0.15, 0.2) is 11.5 Å². The van der Waals surface area contributed by atoms with Gasteiger partial charge in [-0.15, -0.1) is 0 Å². The fourth-order valence-electron chi connectivity index (χ4n) is 2.84. The molecule has 0 radical (unpaired) electrons. The highest BCUT2D eigenvalue weighted by molar-refractivity contribution is 6.18. The van der Waals surface area contributed by atoms with Crippen LogP contribution in [0, 0.1) is 0 Å². The van der Waals surface area contributed by atoms with E-state index in [1.807, 2.05) is 12.1 Å². The summed E-state index contributed by atoms with van der Waals surface area (Å²) in [6.07, 6.45) is 1.42. The summed E-state index contributed by atoms with van der Waals surface area (Å²) in [5, 5.41) is 0. The maximum absolute atomic E-state index is 12.2. The largest absolute Gasteiger partial charge is 0.496 e. The molecule has 0 unspecified atom stereocenters. The van der Waals surface area contributed by atoms with Gasteiger partial charge in [0.05, 0.1) is 14.2 Å². The summed E-state index contributed by atoms with van der Waals surface area (Å²) in [7, 11) is 3.12. The molecule has 0 bridgehead atoms. The molecule has 2 aromatic carbocycles. The predicted molar refractivity (Wildman–Crippen MR) is 105 cm³/mol. The molecule has 7 nitrogen and oxygen atoms in total. The van der Waals surface area contributed by atoms with Crippen LogP contribution in [0.4, 0.5) is 0 Å². The molecule has 0 amide bonds. The Labute approximate surface area is 168 Å². The van der Waals surface area contributed by atoms with Crippen LogP contribution in [0.2, 0.25) is 0 Å². The maximum Gasteiger partial charge on any atom is 0.348 e. The summed E-state index contributed by atoms with van der Waals surface area (Å²) in [4.78, 5) is 24.3. The number of cyclic esters (lactones) is 2. The molecule has 1 fully saturated rings. The molecule has 1 heterocycles. The highest BCUT2D eigenvalue weighted by atomic mass is 16.7. The fraction of sp³-hybridized carbons (Fsp3) is 0.273. The third-order valence-corrected chi connectivity index (χ3v) is 4.18. The number of carbonyl (C=O) groups excluding carboxylic acids is 2. The summed E-state index contributed by atoms with van der Waals surface area (Å²) < 4.78 is 26.8. The first-order valence-electron chi connectivity index (χ1n) is 8.94. The minimum atomic E-state index is -1.28. The second-order valence-corrected chi connectivity index (χ2v) is 6.75. The SMILES string of the molecule is COc1ccc(C=C2C(=O)OC(C)(C)OC2=O)cc1COc1ccccc1OC. The average Bonchev–Trinajstić information content (AvgIpc) is 2.68. The fourth-order valence-corrected chi connectivity index (χ4v) is 2.84. The van der Waals surface area contributed by atoms with Gasteiger partial charge >= 0.3 is 11.9 Å². The van der Waals surface area contributed by atoms with E-state index in [2.05, 4.69) is 0 Å². The Morgan fingerprint density at radius 3 is 2.14 bits per heavy atom. The lowest BCUT2D eigenvalue weighted by molar-refractivity contribution is -0.222. The van der Waals surface area contributed by atoms with Crippen LogP contribution in [0.25, 0.3) is 6.08 Å². The van der Waals surface area contributed by atoms with Crippen molar-refractivity contribution in [1.82, 2.24) is 0 Å². The lowest BCUT2D eigenvalue weighted by Gasteiger charge is -2.29. The summed E-state index contributed by atoms with van der Waals surface area (Å²) in [5.41, 5.74) is 1.16. The van der Waals surface area contributed by atoms with Crippen molar-refractivity contribution >= 4 is 18.0 Å². The molecule has 152 valence electrons. The molecule has 1 aliphatic rings. The Bertz CT molecular complexity index is 937. The van der Waals surface area contributed by atoms with E-state index in [1.165, 1.54) is 19.9 Å². The quantitative estimate of drug-likeness (QED) is 0.418. The molecular formula is C22H22O7. The van der Waals surface area contributed by atoms with Crippen molar-refractivity contribution < 1.29 is 33.3 Å². The van der Waals surface area contributed by atoms with Gasteiger partial charge in [0, 0.05) is 19.4 Å². The molecule has 3 rings (SSSR count). The molecule has 29 heavy (non-hydrogen) atoms. The number of para-hydroxylation sites is 2. The standard InChI is InChI=1S/C22H22O7/c1-22(2)28-20(23)16(21(24)29-22)12-14-9-10-17(25-3)15(11-14)13-27-19-8-6-5-7-18(19)26-4/h5-12H,13H2,1-4H3. The normalized spacial score (nSPS) is 15.2. The number of carbonyl (C=O) groups is 2. The third kappa shape index (κ3) is 4.68. The maximum atomic E-state index is 12.2. The molecule has 0 aromatic heterocycles. The van der Waals surface area contributed by atoms with E-state index in [4.69, 9.17) is 23.7 Å². The van der Waals surface area contributed by atoms with Crippen LogP contribution in [-0.2, 0) is 25.7 Å². The molecule has 0 N–H and O–H groups in total. The summed E-state index contributed by atoms with van der Waals surface area (Å²) in [5.74, 6) is -0.929. The Morgan fingerprint density at radius 1 is 0.897 bits per heavy atom. The average molecular weight is 398 g/mol. The van der Waals surface area contributed by atoms with Crippen molar-refractivity contribution in [1.29, 1.82) is 0 Å². The zero-order valence-electron chi connectivity index (χ0n) is 16.7. The minimum absolute atomic E-state index is 0.175. The Kier molecular flexibility index (Phi) is 5.77. The van der Waals surface area contributed by atoms with Crippen molar-refractivity contribution in [2.75, 3.05) is 14.2 Å². The second-order valence-electron chi connectivity index (χ2n) is 6.75. The highest BCUT2D eigenvalue weighted by Crippen LogP contribution is 2.30. The predicted octanol–water partition coefficient (Wildman–Crippen LogP) is 3.50. The van der Waals surface area contributed by atoms with Gasteiger partial charge in [-0.1, -0.05) is 18.2 Å². The summed E-state index contributed by atoms with van der Waals surface area (Å²) in [6, 6.07) is 12.5. The molecule has 1 saturated heterocycles. The Morgan fingerprint density at radius 2 is 1.52 bits per heavy atom. The van der Waals surface area contributed by atoms with Gasteiger partial charge in [0.2, 0.25) is 0 Å². The third-order valence-electron chi connectivity index (χ3n) is 4.18. The van der Waals surface area contributed by atoms with Crippen LogP contribution >= 0.6 is 0 Å². The van der Waals surface area contributed by atoms with Gasteiger partial charge in [-0.3, -0.25) is 0 Å². The van der Waals surface area contributed by atoms with Gasteiger partial charge in [-0.05, 0) is 35.9 Å². The first-order chi connectivity index (χ1) is 13.8. The van der Waals surface area contributed by atoms with E-state index in [1.54, 1.807) is 44.6 Å². The lowest BCUT2D eigenvalue weighted by Crippen LogP contribution is -2.41. The molecular weight excluding hydrogens is 376 g/mol. The van der Waals surface area contributed by atoms with Crippen molar-refractivity contribution in [3.63, 3.8) is 0 Å². The topological polar surface area (TPSA) is 80.3 Å². The monoisotopic (exact) mass is 398 g/mol. The van der Waals surface area contributed by atoms with Gasteiger partial charge in [0.1, 0.15) is 17.9 Å². The zero-order chi connectivity index (χ0) is 21.0. The van der Waals surface area contributed by atoms with Crippen LogP contribution in [0.15, 0.2) is 48.0 Å². The lowest BCUT2D eigenvalue weighted by atomic mass is 10.1. The minimum Gasteiger partial charge on any atom is -0.496 e. The van der Waals surface area contributed by atoms with Crippen LogP contribution < -0.4 is 14.2 Å². The first kappa shape index (κ1) is 20.3. The molecule has 0 atom stereocenters. The van der Waals surface area contributed by atoms with E-state index in [-0.39, 0.29) is 12.2 Å². The van der Waals surface area contributed by atoms with Crippen molar-refractivity contribution in [3.8, 4) is 17.2 Å². The van der Waals surface area contributed by atoms with E-state index < -0.39 is 17.7 Å². The van der Waals surface area contributed by atoms with Gasteiger partial charge < -0.3 is 23.7 Å². The smallest absolute Gasteiger partial charge is 0.348 e. The molecule has 2 aromatic rings. The zero-order valence-corrected chi connectivity index (χ0v) is 16.7. The van der Waals surface area contributed by atoms with Crippen LogP contribution in [0.1, 0.15) is 25.0 Å². The number of ether oxygens (including phenoxy) is 5. The van der Waals surface area contributed by atoms with E-state index in [9.17, 15) is 9.59 Å². The number of methoxy groups -OCH3 is 2. The van der Waals surface area contributed by atoms with E-state index in [0.29, 0.717) is 22.8 Å². The molecule has 0 saturated carbocycles.